The normalized spacial score (nSPS) is 18.2. The van der Waals surface area contributed by atoms with Crippen LogP contribution in [0.5, 0.6) is 0 Å². The number of hydroxylamine groups is 1. The second kappa shape index (κ2) is 9.88. The molecule has 0 aromatic heterocycles. The van der Waals surface area contributed by atoms with Gasteiger partial charge in [0.25, 0.3) is 0 Å². The number of rotatable bonds is 8. The number of carbonyl (C=O) groups excluding carboxylic acids is 2. The number of piperidine rings is 1. The van der Waals surface area contributed by atoms with Crippen molar-refractivity contribution >= 4 is 21.8 Å². The number of alkyl halides is 3. The number of nitrogens with zero attached hydrogens (tertiary/aromatic N) is 2. The molecule has 1 heterocycles. The number of nitrogens with one attached hydrogen (secondary N) is 1. The van der Waals surface area contributed by atoms with E-state index in [2.05, 4.69) is 0 Å². The van der Waals surface area contributed by atoms with Crippen LogP contribution in [0, 0.1) is 17.8 Å². The summed E-state index contributed by atoms with van der Waals surface area (Å²) in [5.74, 6) is -4.13. The van der Waals surface area contributed by atoms with Crippen LogP contribution in [0.25, 0.3) is 0 Å². The summed E-state index contributed by atoms with van der Waals surface area (Å²) in [6, 6.07) is 0. The summed E-state index contributed by atoms with van der Waals surface area (Å²) in [5, 5.41) is 9.04. The minimum atomic E-state index is -5.68. The fourth-order valence-corrected chi connectivity index (χ4v) is 4.03. The van der Waals surface area contributed by atoms with Gasteiger partial charge in [-0.2, -0.15) is 17.5 Å². The molecule has 2 atom stereocenters. The van der Waals surface area contributed by atoms with Gasteiger partial charge in [-0.3, -0.25) is 14.8 Å². The summed E-state index contributed by atoms with van der Waals surface area (Å²) < 4.78 is 61.7. The van der Waals surface area contributed by atoms with Crippen LogP contribution >= 0.6 is 0 Å². The molecular weight excluding hydrogens is 403 g/mol. The maximum atomic E-state index is 13.0. The van der Waals surface area contributed by atoms with Gasteiger partial charge in [0.05, 0.1) is 11.8 Å². The van der Waals surface area contributed by atoms with Crippen LogP contribution in [0.1, 0.15) is 39.5 Å². The van der Waals surface area contributed by atoms with E-state index in [-0.39, 0.29) is 16.6 Å². The van der Waals surface area contributed by atoms with Crippen LogP contribution in [0.4, 0.5) is 13.2 Å². The lowest BCUT2D eigenvalue weighted by atomic mass is 9.83. The van der Waals surface area contributed by atoms with Crippen LogP contribution in [0.2, 0.25) is 0 Å². The predicted octanol–water partition coefficient (Wildman–Crippen LogP) is 1.56. The molecule has 1 aliphatic heterocycles. The molecule has 8 nitrogen and oxygen atoms in total. The monoisotopic (exact) mass is 431 g/mol. The van der Waals surface area contributed by atoms with E-state index in [4.69, 9.17) is 5.21 Å². The Bertz CT molecular complexity index is 648. The second-order valence-electron chi connectivity index (χ2n) is 7.44. The molecule has 164 valence electrons. The SMILES string of the molecule is CC(C)C[C@@H](C(=O)N1CCCCC1)[C@H](CN(C)S(=O)(=O)C(F)(F)F)C(=O)NO. The Balaban J connectivity index is 3.20. The minimum absolute atomic E-state index is 0.00369. The first-order chi connectivity index (χ1) is 12.8. The Labute approximate surface area is 163 Å². The molecule has 2 amide bonds. The average molecular weight is 431 g/mol. The molecule has 1 fully saturated rings. The zero-order valence-corrected chi connectivity index (χ0v) is 17.0. The van der Waals surface area contributed by atoms with Crippen LogP contribution in [0.3, 0.4) is 0 Å². The van der Waals surface area contributed by atoms with Crippen molar-refractivity contribution in [2.75, 3.05) is 26.7 Å². The topological polar surface area (TPSA) is 107 Å². The standard InChI is InChI=1S/C16H28F3N3O5S/c1-11(2)9-12(15(24)22-7-5-4-6-8-22)13(14(23)20-25)10-21(3)28(26,27)16(17,18)19/h11-13,25H,4-10H2,1-3H3,(H,20,23)/t12-,13+/m1/s1. The van der Waals surface area contributed by atoms with E-state index in [1.807, 2.05) is 0 Å². The summed E-state index contributed by atoms with van der Waals surface area (Å²) in [7, 11) is -4.99. The van der Waals surface area contributed by atoms with Gasteiger partial charge in [-0.05, 0) is 31.6 Å². The molecule has 28 heavy (non-hydrogen) atoms. The highest BCUT2D eigenvalue weighted by Crippen LogP contribution is 2.30. The largest absolute Gasteiger partial charge is 0.511 e. The molecule has 2 N–H and O–H groups in total. The molecule has 1 saturated heterocycles. The summed E-state index contributed by atoms with van der Waals surface area (Å²) >= 11 is 0. The van der Waals surface area contributed by atoms with Crippen molar-refractivity contribution in [3.05, 3.63) is 0 Å². The number of carbonyl (C=O) groups is 2. The molecular formula is C16H28F3N3O5S. The first kappa shape index (κ1) is 24.6. The Morgan fingerprint density at radius 1 is 1.14 bits per heavy atom. The van der Waals surface area contributed by atoms with Gasteiger partial charge in [0.15, 0.2) is 0 Å². The van der Waals surface area contributed by atoms with Gasteiger partial charge in [-0.25, -0.2) is 13.9 Å². The van der Waals surface area contributed by atoms with E-state index in [9.17, 15) is 31.2 Å². The van der Waals surface area contributed by atoms with Crippen molar-refractivity contribution in [2.45, 2.75) is 45.0 Å². The van der Waals surface area contributed by atoms with Crippen molar-refractivity contribution in [1.29, 1.82) is 0 Å². The zero-order valence-electron chi connectivity index (χ0n) is 16.2. The van der Waals surface area contributed by atoms with Crippen molar-refractivity contribution in [3.63, 3.8) is 0 Å². The van der Waals surface area contributed by atoms with Crippen molar-refractivity contribution in [3.8, 4) is 0 Å². The molecule has 1 rings (SSSR count). The van der Waals surface area contributed by atoms with Crippen molar-refractivity contribution in [2.24, 2.45) is 17.8 Å². The van der Waals surface area contributed by atoms with Gasteiger partial charge in [-0.1, -0.05) is 13.8 Å². The molecule has 12 heteroatoms. The molecule has 1 aliphatic rings. The third-order valence-electron chi connectivity index (χ3n) is 4.80. The van der Waals surface area contributed by atoms with Gasteiger partial charge in [0.2, 0.25) is 11.8 Å². The average Bonchev–Trinajstić information content (AvgIpc) is 2.62. The lowest BCUT2D eigenvalue weighted by molar-refractivity contribution is -0.146. The zero-order chi connectivity index (χ0) is 21.7. The lowest BCUT2D eigenvalue weighted by Gasteiger charge is -2.35. The van der Waals surface area contributed by atoms with E-state index in [1.54, 1.807) is 18.7 Å². The molecule has 0 bridgehead atoms. The maximum absolute atomic E-state index is 13.0. The summed E-state index contributed by atoms with van der Waals surface area (Å²) in [6.45, 7) is 3.61. The number of hydrogen-bond donors (Lipinski definition) is 2. The van der Waals surface area contributed by atoms with E-state index in [0.29, 0.717) is 20.1 Å². The minimum Gasteiger partial charge on any atom is -0.342 e. The van der Waals surface area contributed by atoms with Crippen LogP contribution in [-0.4, -0.2) is 66.8 Å². The highest BCUT2D eigenvalue weighted by atomic mass is 32.2. The highest BCUT2D eigenvalue weighted by molar-refractivity contribution is 7.89. The van der Waals surface area contributed by atoms with Crippen LogP contribution < -0.4 is 5.48 Å². The molecule has 0 aliphatic carbocycles. The molecule has 0 aromatic rings. The van der Waals surface area contributed by atoms with Crippen LogP contribution in [0.15, 0.2) is 0 Å². The van der Waals surface area contributed by atoms with Gasteiger partial charge in [0.1, 0.15) is 0 Å². The number of halogens is 3. The van der Waals surface area contributed by atoms with Gasteiger partial charge >= 0.3 is 15.5 Å². The number of sulfonamides is 1. The maximum Gasteiger partial charge on any atom is 0.511 e. The summed E-state index contributed by atoms with van der Waals surface area (Å²) in [4.78, 5) is 26.7. The third kappa shape index (κ3) is 6.05. The number of likely N-dealkylation sites (tertiary alicyclic amines) is 1. The Morgan fingerprint density at radius 3 is 2.11 bits per heavy atom. The van der Waals surface area contributed by atoms with E-state index in [0.717, 1.165) is 19.3 Å². The molecule has 0 unspecified atom stereocenters. The first-order valence-electron chi connectivity index (χ1n) is 9.08. The highest BCUT2D eigenvalue weighted by Gasteiger charge is 2.50. The smallest absolute Gasteiger partial charge is 0.342 e. The molecule has 0 radical (unpaired) electrons. The van der Waals surface area contributed by atoms with E-state index in [1.165, 1.54) is 5.48 Å². The summed E-state index contributed by atoms with van der Waals surface area (Å²) in [6.07, 6.45) is 2.66. The first-order valence-corrected chi connectivity index (χ1v) is 10.5. The van der Waals surface area contributed by atoms with Gasteiger partial charge < -0.3 is 4.90 Å². The number of amides is 2. The predicted molar refractivity (Wildman–Crippen MR) is 94.4 cm³/mol. The fourth-order valence-electron chi connectivity index (χ4n) is 3.32. The Hall–Kier alpha value is -1.40. The van der Waals surface area contributed by atoms with Crippen LogP contribution in [-0.2, 0) is 19.6 Å². The summed E-state index contributed by atoms with van der Waals surface area (Å²) in [5.41, 5.74) is -4.18. The number of hydrogen-bond acceptors (Lipinski definition) is 5. The third-order valence-corrected chi connectivity index (χ3v) is 6.35. The van der Waals surface area contributed by atoms with Crippen molar-refractivity contribution in [1.82, 2.24) is 14.7 Å². The molecule has 0 spiro atoms. The fraction of sp³-hybridized carbons (Fsp3) is 0.875. The Morgan fingerprint density at radius 2 is 1.68 bits per heavy atom. The molecule has 0 saturated carbocycles. The van der Waals surface area contributed by atoms with Crippen molar-refractivity contribution < 1.29 is 36.4 Å². The van der Waals surface area contributed by atoms with Gasteiger partial charge in [0, 0.05) is 26.7 Å². The quantitative estimate of drug-likeness (QED) is 0.448. The molecule has 0 aromatic carbocycles. The second-order valence-corrected chi connectivity index (χ2v) is 9.47. The van der Waals surface area contributed by atoms with E-state index < -0.39 is 45.7 Å². The lowest BCUT2D eigenvalue weighted by Crippen LogP contribution is -2.50. The Kier molecular flexibility index (Phi) is 8.69. The van der Waals surface area contributed by atoms with E-state index >= 15 is 0 Å². The van der Waals surface area contributed by atoms with Gasteiger partial charge in [-0.15, -0.1) is 0 Å².